The lowest BCUT2D eigenvalue weighted by atomic mass is 9.95. The Morgan fingerprint density at radius 1 is 1.31 bits per heavy atom. The highest BCUT2D eigenvalue weighted by Crippen LogP contribution is 2.20. The summed E-state index contributed by atoms with van der Waals surface area (Å²) < 4.78 is 0. The molecule has 90 valence electrons. The van der Waals surface area contributed by atoms with Crippen molar-refractivity contribution in [3.8, 4) is 0 Å². The van der Waals surface area contributed by atoms with Crippen molar-refractivity contribution in [3.05, 3.63) is 35.9 Å². The molecule has 1 aromatic carbocycles. The number of hydrogen-bond acceptors (Lipinski definition) is 3. The van der Waals surface area contributed by atoms with Gasteiger partial charge in [-0.05, 0) is 26.6 Å². The minimum atomic E-state index is -0.788. The van der Waals surface area contributed by atoms with Gasteiger partial charge in [-0.3, -0.25) is 0 Å². The lowest BCUT2D eigenvalue weighted by molar-refractivity contribution is 0.0238. The van der Waals surface area contributed by atoms with Gasteiger partial charge in [-0.2, -0.15) is 0 Å². The third-order valence-electron chi connectivity index (χ3n) is 2.72. The number of nitrogens with one attached hydrogen (secondary N) is 1. The third-order valence-corrected chi connectivity index (χ3v) is 2.72. The third kappa shape index (κ3) is 3.93. The van der Waals surface area contributed by atoms with E-state index in [0.717, 1.165) is 18.7 Å². The molecule has 0 heterocycles. The normalized spacial score (nSPS) is 15.1. The lowest BCUT2D eigenvalue weighted by Crippen LogP contribution is -2.39. The highest BCUT2D eigenvalue weighted by Gasteiger charge is 2.24. The van der Waals surface area contributed by atoms with Crippen molar-refractivity contribution in [2.45, 2.75) is 12.5 Å². The predicted molar refractivity (Wildman–Crippen MR) is 67.4 cm³/mol. The van der Waals surface area contributed by atoms with Gasteiger partial charge in [0.25, 0.3) is 0 Å². The van der Waals surface area contributed by atoms with Crippen LogP contribution in [0.3, 0.4) is 0 Å². The first-order valence-electron chi connectivity index (χ1n) is 5.67. The Bertz CT molecular complexity index is 298. The molecule has 0 aromatic heterocycles. The topological polar surface area (TPSA) is 35.5 Å². The summed E-state index contributed by atoms with van der Waals surface area (Å²) in [6, 6.07) is 9.80. The fourth-order valence-electron chi connectivity index (χ4n) is 1.80. The number of rotatable bonds is 6. The second kappa shape index (κ2) is 5.99. The minimum Gasteiger partial charge on any atom is -0.384 e. The average Bonchev–Trinajstić information content (AvgIpc) is 2.27. The molecule has 0 fully saturated rings. The smallest absolute Gasteiger partial charge is 0.0994 e. The van der Waals surface area contributed by atoms with Crippen molar-refractivity contribution in [1.82, 2.24) is 10.2 Å². The molecular weight excluding hydrogens is 200 g/mol. The van der Waals surface area contributed by atoms with E-state index in [1.54, 1.807) is 0 Å². The second-order valence-electron chi connectivity index (χ2n) is 4.48. The van der Waals surface area contributed by atoms with E-state index in [-0.39, 0.29) is 0 Å². The number of likely N-dealkylation sites (N-methyl/N-ethyl adjacent to an activating group) is 2. The Balaban J connectivity index is 2.58. The van der Waals surface area contributed by atoms with E-state index in [2.05, 4.69) is 10.2 Å². The van der Waals surface area contributed by atoms with E-state index in [1.807, 2.05) is 51.4 Å². The molecule has 0 bridgehead atoms. The number of hydrogen-bond donors (Lipinski definition) is 2. The molecule has 0 saturated heterocycles. The molecule has 16 heavy (non-hydrogen) atoms. The van der Waals surface area contributed by atoms with Gasteiger partial charge in [0.05, 0.1) is 5.60 Å². The van der Waals surface area contributed by atoms with Crippen molar-refractivity contribution in [2.75, 3.05) is 33.7 Å². The van der Waals surface area contributed by atoms with Crippen LogP contribution in [0.15, 0.2) is 30.3 Å². The molecule has 1 atom stereocenters. The molecule has 0 amide bonds. The van der Waals surface area contributed by atoms with Crippen LogP contribution in [0.1, 0.15) is 12.5 Å². The first-order valence-corrected chi connectivity index (χ1v) is 5.67. The summed E-state index contributed by atoms with van der Waals surface area (Å²) in [6.45, 7) is 4.36. The SMILES string of the molecule is CNCCN(C)CC(C)(O)c1ccccc1. The molecule has 0 aliphatic rings. The standard InChI is InChI=1S/C13H22N2O/c1-13(16,11-15(3)10-9-14-2)12-7-5-4-6-8-12/h4-8,14,16H,9-11H2,1-3H3. The van der Waals surface area contributed by atoms with Crippen molar-refractivity contribution < 1.29 is 5.11 Å². The predicted octanol–water partition coefficient (Wildman–Crippen LogP) is 1.05. The average molecular weight is 222 g/mol. The summed E-state index contributed by atoms with van der Waals surface area (Å²) in [7, 11) is 3.96. The van der Waals surface area contributed by atoms with Gasteiger partial charge in [-0.25, -0.2) is 0 Å². The van der Waals surface area contributed by atoms with Crippen molar-refractivity contribution in [3.63, 3.8) is 0 Å². The molecule has 1 rings (SSSR count). The minimum absolute atomic E-state index is 0.638. The molecule has 0 aliphatic carbocycles. The Kier molecular flexibility index (Phi) is 4.93. The maximum atomic E-state index is 10.4. The van der Waals surface area contributed by atoms with E-state index in [9.17, 15) is 5.11 Å². The summed E-state index contributed by atoms with van der Waals surface area (Å²) in [5.41, 5.74) is 0.176. The summed E-state index contributed by atoms with van der Waals surface area (Å²) in [6.07, 6.45) is 0. The zero-order chi connectivity index (χ0) is 12.0. The van der Waals surface area contributed by atoms with Crippen LogP contribution in [-0.2, 0) is 5.60 Å². The van der Waals surface area contributed by atoms with E-state index < -0.39 is 5.60 Å². The van der Waals surface area contributed by atoms with Gasteiger partial charge in [0.2, 0.25) is 0 Å². The number of aliphatic hydroxyl groups is 1. The maximum Gasteiger partial charge on any atom is 0.0994 e. The van der Waals surface area contributed by atoms with Gasteiger partial charge >= 0.3 is 0 Å². The summed E-state index contributed by atoms with van der Waals surface area (Å²) >= 11 is 0. The zero-order valence-electron chi connectivity index (χ0n) is 10.4. The van der Waals surface area contributed by atoms with Gasteiger partial charge in [-0.15, -0.1) is 0 Å². The van der Waals surface area contributed by atoms with Crippen LogP contribution in [0.25, 0.3) is 0 Å². The van der Waals surface area contributed by atoms with E-state index in [0.29, 0.717) is 6.54 Å². The van der Waals surface area contributed by atoms with Gasteiger partial charge in [0.1, 0.15) is 0 Å². The first-order chi connectivity index (χ1) is 7.56. The van der Waals surface area contributed by atoms with Gasteiger partial charge < -0.3 is 15.3 Å². The summed E-state index contributed by atoms with van der Waals surface area (Å²) in [5.74, 6) is 0. The molecular formula is C13H22N2O. The monoisotopic (exact) mass is 222 g/mol. The van der Waals surface area contributed by atoms with Crippen LogP contribution >= 0.6 is 0 Å². The Labute approximate surface area is 98.1 Å². The highest BCUT2D eigenvalue weighted by molar-refractivity contribution is 5.21. The van der Waals surface area contributed by atoms with Crippen LogP contribution in [0.5, 0.6) is 0 Å². The molecule has 3 nitrogen and oxygen atoms in total. The van der Waals surface area contributed by atoms with Crippen LogP contribution in [-0.4, -0.2) is 43.7 Å². The highest BCUT2D eigenvalue weighted by atomic mass is 16.3. The Morgan fingerprint density at radius 3 is 2.50 bits per heavy atom. The van der Waals surface area contributed by atoms with E-state index >= 15 is 0 Å². The molecule has 2 N–H and O–H groups in total. The Hall–Kier alpha value is -0.900. The molecule has 0 aliphatic heterocycles. The van der Waals surface area contributed by atoms with Gasteiger partial charge in [0.15, 0.2) is 0 Å². The van der Waals surface area contributed by atoms with Crippen molar-refractivity contribution in [1.29, 1.82) is 0 Å². The largest absolute Gasteiger partial charge is 0.384 e. The van der Waals surface area contributed by atoms with Crippen molar-refractivity contribution in [2.24, 2.45) is 0 Å². The second-order valence-corrected chi connectivity index (χ2v) is 4.48. The maximum absolute atomic E-state index is 10.4. The van der Waals surface area contributed by atoms with Crippen LogP contribution in [0.4, 0.5) is 0 Å². The zero-order valence-corrected chi connectivity index (χ0v) is 10.4. The summed E-state index contributed by atoms with van der Waals surface area (Å²) in [4.78, 5) is 2.13. The fraction of sp³-hybridized carbons (Fsp3) is 0.538. The van der Waals surface area contributed by atoms with E-state index in [4.69, 9.17) is 0 Å². The molecule has 1 unspecified atom stereocenters. The van der Waals surface area contributed by atoms with E-state index in [1.165, 1.54) is 0 Å². The molecule has 0 radical (unpaired) electrons. The molecule has 3 heteroatoms. The molecule has 0 saturated carbocycles. The quantitative estimate of drug-likeness (QED) is 0.755. The fourth-order valence-corrected chi connectivity index (χ4v) is 1.80. The van der Waals surface area contributed by atoms with Crippen molar-refractivity contribution >= 4 is 0 Å². The van der Waals surface area contributed by atoms with Crippen LogP contribution in [0.2, 0.25) is 0 Å². The number of nitrogens with zero attached hydrogens (tertiary/aromatic N) is 1. The molecule has 1 aromatic rings. The lowest BCUT2D eigenvalue weighted by Gasteiger charge is -2.29. The number of benzene rings is 1. The van der Waals surface area contributed by atoms with Crippen LogP contribution in [0, 0.1) is 0 Å². The molecule has 0 spiro atoms. The Morgan fingerprint density at radius 2 is 1.94 bits per heavy atom. The summed E-state index contributed by atoms with van der Waals surface area (Å²) in [5, 5.41) is 13.5. The van der Waals surface area contributed by atoms with Gasteiger partial charge in [-0.1, -0.05) is 30.3 Å². The first kappa shape index (κ1) is 13.2. The van der Waals surface area contributed by atoms with Gasteiger partial charge in [0, 0.05) is 19.6 Å². The van der Waals surface area contributed by atoms with Crippen LogP contribution < -0.4 is 5.32 Å².